The molecule has 0 aliphatic rings. The number of hydrogen-bond acceptors (Lipinski definition) is 4. The van der Waals surface area contributed by atoms with Crippen molar-refractivity contribution in [2.45, 2.75) is 18.2 Å². The molecule has 0 aliphatic carbocycles. The second-order valence-corrected chi connectivity index (χ2v) is 7.49. The van der Waals surface area contributed by atoms with Gasteiger partial charge in [0.25, 0.3) is 5.91 Å². The fourth-order valence-corrected chi connectivity index (χ4v) is 2.90. The molecular formula is C17H19ClN2O4S. The topological polar surface area (TPSA) is 98.5 Å². The van der Waals surface area contributed by atoms with Crippen LogP contribution in [-0.4, -0.2) is 27.5 Å². The highest BCUT2D eigenvalue weighted by Gasteiger charge is 2.08. The van der Waals surface area contributed by atoms with Crippen LogP contribution in [0.5, 0.6) is 5.75 Å². The van der Waals surface area contributed by atoms with Crippen molar-refractivity contribution >= 4 is 27.5 Å². The maximum atomic E-state index is 11.8. The lowest BCUT2D eigenvalue weighted by molar-refractivity contribution is -0.123. The number of sulfonamides is 1. The Bertz CT molecular complexity index is 851. The normalized spacial score (nSPS) is 11.2. The summed E-state index contributed by atoms with van der Waals surface area (Å²) in [5, 5.41) is 8.40. The first-order valence-corrected chi connectivity index (χ1v) is 9.45. The van der Waals surface area contributed by atoms with Crippen LogP contribution >= 0.6 is 11.6 Å². The van der Waals surface area contributed by atoms with Crippen LogP contribution < -0.4 is 15.2 Å². The summed E-state index contributed by atoms with van der Waals surface area (Å²) in [6.45, 7) is 2.17. The summed E-state index contributed by atoms with van der Waals surface area (Å²) in [5.41, 5.74) is 1.75. The van der Waals surface area contributed by atoms with Gasteiger partial charge in [-0.05, 0) is 54.8 Å². The van der Waals surface area contributed by atoms with Gasteiger partial charge in [0.1, 0.15) is 5.75 Å². The van der Waals surface area contributed by atoms with Crippen LogP contribution in [0.1, 0.15) is 11.1 Å². The summed E-state index contributed by atoms with van der Waals surface area (Å²) in [4.78, 5) is 11.9. The van der Waals surface area contributed by atoms with Gasteiger partial charge in [0.2, 0.25) is 10.0 Å². The van der Waals surface area contributed by atoms with Gasteiger partial charge in [-0.3, -0.25) is 4.79 Å². The number of amides is 1. The maximum Gasteiger partial charge on any atom is 0.257 e. The molecule has 2 rings (SSSR count). The quantitative estimate of drug-likeness (QED) is 0.765. The minimum atomic E-state index is -3.69. The van der Waals surface area contributed by atoms with Crippen LogP contribution in [0.3, 0.4) is 0 Å². The van der Waals surface area contributed by atoms with Gasteiger partial charge in [-0.2, -0.15) is 0 Å². The van der Waals surface area contributed by atoms with E-state index in [-0.39, 0.29) is 17.4 Å². The SMILES string of the molecule is Cc1cc(Cl)ccc1OCC(=O)NCCc1ccc(S(N)(=O)=O)cc1. The van der Waals surface area contributed by atoms with Crippen molar-refractivity contribution < 1.29 is 17.9 Å². The molecule has 0 aromatic heterocycles. The molecule has 0 heterocycles. The minimum absolute atomic E-state index is 0.0621. The molecule has 0 saturated heterocycles. The molecule has 3 N–H and O–H groups in total. The first-order valence-electron chi connectivity index (χ1n) is 7.53. The highest BCUT2D eigenvalue weighted by Crippen LogP contribution is 2.21. The molecule has 6 nitrogen and oxygen atoms in total. The van der Waals surface area contributed by atoms with Gasteiger partial charge in [0.05, 0.1) is 4.90 Å². The van der Waals surface area contributed by atoms with E-state index in [4.69, 9.17) is 21.5 Å². The van der Waals surface area contributed by atoms with Crippen molar-refractivity contribution in [2.24, 2.45) is 5.14 Å². The second kappa shape index (κ2) is 8.33. The second-order valence-electron chi connectivity index (χ2n) is 5.49. The van der Waals surface area contributed by atoms with E-state index in [2.05, 4.69) is 5.32 Å². The van der Waals surface area contributed by atoms with Crippen molar-refractivity contribution in [1.29, 1.82) is 0 Å². The Morgan fingerprint density at radius 3 is 2.48 bits per heavy atom. The van der Waals surface area contributed by atoms with E-state index in [9.17, 15) is 13.2 Å². The zero-order valence-electron chi connectivity index (χ0n) is 13.7. The van der Waals surface area contributed by atoms with Crippen molar-refractivity contribution in [1.82, 2.24) is 5.32 Å². The summed E-state index contributed by atoms with van der Waals surface area (Å²) in [7, 11) is -3.69. The molecule has 0 atom stereocenters. The number of carbonyl (C=O) groups excluding carboxylic acids is 1. The van der Waals surface area contributed by atoms with Crippen LogP contribution in [0.25, 0.3) is 0 Å². The highest BCUT2D eigenvalue weighted by molar-refractivity contribution is 7.89. The minimum Gasteiger partial charge on any atom is -0.484 e. The number of carbonyl (C=O) groups is 1. The van der Waals surface area contributed by atoms with Crippen molar-refractivity contribution in [3.8, 4) is 5.75 Å². The van der Waals surface area contributed by atoms with Crippen molar-refractivity contribution in [3.05, 3.63) is 58.6 Å². The number of rotatable bonds is 7. The van der Waals surface area contributed by atoms with Gasteiger partial charge in [-0.25, -0.2) is 13.6 Å². The molecule has 0 radical (unpaired) electrons. The first-order chi connectivity index (χ1) is 11.8. The average molecular weight is 383 g/mol. The third-order valence-corrected chi connectivity index (χ3v) is 4.65. The Morgan fingerprint density at radius 2 is 1.88 bits per heavy atom. The molecule has 25 heavy (non-hydrogen) atoms. The standard InChI is InChI=1S/C17H19ClN2O4S/c1-12-10-14(18)4-7-16(12)24-11-17(21)20-9-8-13-2-5-15(6-3-13)25(19,22)23/h2-7,10H,8-9,11H2,1H3,(H,20,21)(H2,19,22,23). The zero-order chi connectivity index (χ0) is 18.4. The zero-order valence-corrected chi connectivity index (χ0v) is 15.2. The molecule has 2 aromatic carbocycles. The average Bonchev–Trinajstić information content (AvgIpc) is 2.53. The van der Waals surface area contributed by atoms with E-state index >= 15 is 0 Å². The van der Waals surface area contributed by atoms with Crippen LogP contribution in [0.15, 0.2) is 47.4 Å². The summed E-state index contributed by atoms with van der Waals surface area (Å²) in [6.07, 6.45) is 0.566. The van der Waals surface area contributed by atoms with Crippen LogP contribution in [0.4, 0.5) is 0 Å². The van der Waals surface area contributed by atoms with E-state index in [0.717, 1.165) is 11.1 Å². The number of nitrogens with two attached hydrogens (primary N) is 1. The third kappa shape index (κ3) is 6.04. The number of benzene rings is 2. The number of primary sulfonamides is 1. The van der Waals surface area contributed by atoms with E-state index < -0.39 is 10.0 Å². The Hall–Kier alpha value is -2.09. The lowest BCUT2D eigenvalue weighted by atomic mass is 10.1. The predicted octanol–water partition coefficient (Wildman–Crippen LogP) is 2.03. The highest BCUT2D eigenvalue weighted by atomic mass is 35.5. The molecule has 8 heteroatoms. The van der Waals surface area contributed by atoms with E-state index in [1.165, 1.54) is 12.1 Å². The molecular weight excluding hydrogens is 364 g/mol. The Labute approximate surface area is 152 Å². The number of aryl methyl sites for hydroxylation is 1. The molecule has 0 fully saturated rings. The number of hydrogen-bond donors (Lipinski definition) is 2. The summed E-state index contributed by atoms with van der Waals surface area (Å²) in [6, 6.07) is 11.4. The van der Waals surface area contributed by atoms with E-state index in [1.54, 1.807) is 30.3 Å². The smallest absolute Gasteiger partial charge is 0.257 e. The Morgan fingerprint density at radius 1 is 1.20 bits per heavy atom. The van der Waals surface area contributed by atoms with E-state index in [0.29, 0.717) is 23.7 Å². The third-order valence-electron chi connectivity index (χ3n) is 3.48. The fraction of sp³-hybridized carbons (Fsp3) is 0.235. The fourth-order valence-electron chi connectivity index (χ4n) is 2.16. The number of nitrogens with one attached hydrogen (secondary N) is 1. The molecule has 1 amide bonds. The van der Waals surface area contributed by atoms with Crippen LogP contribution in [-0.2, 0) is 21.2 Å². The van der Waals surface area contributed by atoms with Gasteiger partial charge in [-0.15, -0.1) is 0 Å². The summed E-state index contributed by atoms with van der Waals surface area (Å²) in [5.74, 6) is 0.369. The summed E-state index contributed by atoms with van der Waals surface area (Å²) < 4.78 is 27.8. The molecule has 0 spiro atoms. The lowest BCUT2D eigenvalue weighted by Crippen LogP contribution is -2.30. The molecule has 0 unspecified atom stereocenters. The predicted molar refractivity (Wildman–Crippen MR) is 96.2 cm³/mol. The molecule has 0 aliphatic heterocycles. The van der Waals surface area contributed by atoms with Gasteiger partial charge < -0.3 is 10.1 Å². The monoisotopic (exact) mass is 382 g/mol. The lowest BCUT2D eigenvalue weighted by Gasteiger charge is -2.10. The van der Waals surface area contributed by atoms with Crippen molar-refractivity contribution in [2.75, 3.05) is 13.2 Å². The van der Waals surface area contributed by atoms with Crippen molar-refractivity contribution in [3.63, 3.8) is 0 Å². The van der Waals surface area contributed by atoms with Gasteiger partial charge >= 0.3 is 0 Å². The molecule has 134 valence electrons. The largest absolute Gasteiger partial charge is 0.484 e. The molecule has 0 saturated carbocycles. The number of ether oxygens (including phenoxy) is 1. The van der Waals surface area contributed by atoms with Gasteiger partial charge in [0, 0.05) is 11.6 Å². The Kier molecular flexibility index (Phi) is 6.41. The van der Waals surface area contributed by atoms with Gasteiger partial charge in [0.15, 0.2) is 6.61 Å². The first kappa shape index (κ1) is 19.2. The van der Waals surface area contributed by atoms with Crippen LogP contribution in [0.2, 0.25) is 5.02 Å². The van der Waals surface area contributed by atoms with E-state index in [1.807, 2.05) is 6.92 Å². The maximum absolute atomic E-state index is 11.8. The molecule has 2 aromatic rings. The van der Waals surface area contributed by atoms with Crippen LogP contribution in [0, 0.1) is 6.92 Å². The molecule has 0 bridgehead atoms. The Balaban J connectivity index is 1.77. The van der Waals surface area contributed by atoms with Gasteiger partial charge in [-0.1, -0.05) is 23.7 Å². The summed E-state index contributed by atoms with van der Waals surface area (Å²) >= 11 is 5.87. The number of halogens is 1.